The van der Waals surface area contributed by atoms with Gasteiger partial charge < -0.3 is 9.84 Å². The molecule has 1 atom stereocenters. The van der Waals surface area contributed by atoms with E-state index in [9.17, 15) is 13.2 Å². The third kappa shape index (κ3) is 11.6. The summed E-state index contributed by atoms with van der Waals surface area (Å²) in [5.74, 6) is 6.59. The number of allylic oxidation sites excluding steroid dienone is 1. The van der Waals surface area contributed by atoms with Crippen LogP contribution in [-0.4, -0.2) is 36.2 Å². The Kier molecular flexibility index (Phi) is 12.5. The SMILES string of the molecule is C=C(C)C#CC(c1ccc(OC)cc1)N1CCCCC1.CC(=O)O.FC(F)(F)c1ccccc1. The normalized spacial score (nSPS) is 14.1. The maximum Gasteiger partial charge on any atom is 0.416 e. The van der Waals surface area contributed by atoms with Gasteiger partial charge in [0, 0.05) is 6.92 Å². The number of methoxy groups -OCH3 is 1. The summed E-state index contributed by atoms with van der Waals surface area (Å²) in [7, 11) is 1.69. The van der Waals surface area contributed by atoms with Crippen molar-refractivity contribution in [2.45, 2.75) is 45.3 Å². The van der Waals surface area contributed by atoms with Crippen LogP contribution in [0.15, 0.2) is 66.7 Å². The molecule has 0 aliphatic carbocycles. The predicted molar refractivity (Wildman–Crippen MR) is 129 cm³/mol. The number of ether oxygens (including phenoxy) is 1. The van der Waals surface area contributed by atoms with E-state index in [0.717, 1.165) is 43.5 Å². The van der Waals surface area contributed by atoms with Crippen LogP contribution in [0.25, 0.3) is 0 Å². The van der Waals surface area contributed by atoms with Crippen LogP contribution in [0.1, 0.15) is 50.3 Å². The van der Waals surface area contributed by atoms with E-state index in [0.29, 0.717) is 0 Å². The van der Waals surface area contributed by atoms with Crippen LogP contribution in [0.5, 0.6) is 5.75 Å². The fourth-order valence-electron chi connectivity index (χ4n) is 3.17. The highest BCUT2D eigenvalue weighted by Crippen LogP contribution is 2.28. The summed E-state index contributed by atoms with van der Waals surface area (Å²) >= 11 is 0. The maximum atomic E-state index is 11.8. The topological polar surface area (TPSA) is 49.8 Å². The lowest BCUT2D eigenvalue weighted by atomic mass is 10.0. The lowest BCUT2D eigenvalue weighted by Crippen LogP contribution is -2.33. The number of piperidine rings is 1. The molecule has 1 aliphatic rings. The Balaban J connectivity index is 0.000000343. The van der Waals surface area contributed by atoms with Gasteiger partial charge >= 0.3 is 6.18 Å². The number of halogens is 3. The first-order valence-corrected chi connectivity index (χ1v) is 10.9. The molecule has 0 spiro atoms. The fourth-order valence-corrected chi connectivity index (χ4v) is 3.17. The van der Waals surface area contributed by atoms with E-state index in [1.54, 1.807) is 13.2 Å². The van der Waals surface area contributed by atoms with E-state index >= 15 is 0 Å². The number of carbonyl (C=O) groups is 1. The molecule has 1 heterocycles. The van der Waals surface area contributed by atoms with Gasteiger partial charge in [-0.25, -0.2) is 0 Å². The van der Waals surface area contributed by atoms with E-state index in [4.69, 9.17) is 14.6 Å². The Morgan fingerprint density at radius 1 is 1.03 bits per heavy atom. The first-order chi connectivity index (χ1) is 16.0. The standard InChI is InChI=1S/C18H23NO.C7H5F3.C2H4O2/c1-15(2)7-12-18(19-13-5-4-6-14-19)16-8-10-17(20-3)11-9-16;8-7(9,10)6-4-2-1-3-5-6;1-2(3)4/h8-11,18H,1,4-6,13-14H2,2-3H3;1-5H;1H3,(H,3,4). The molecule has 1 saturated heterocycles. The molecule has 2 aromatic rings. The molecule has 184 valence electrons. The highest BCUT2D eigenvalue weighted by atomic mass is 19.4. The minimum absolute atomic E-state index is 0.165. The maximum absolute atomic E-state index is 11.8. The third-order valence-corrected chi connectivity index (χ3v) is 4.71. The van der Waals surface area contributed by atoms with Crippen molar-refractivity contribution in [3.05, 3.63) is 77.9 Å². The molecule has 3 rings (SSSR count). The van der Waals surface area contributed by atoms with Crippen molar-refractivity contribution in [3.63, 3.8) is 0 Å². The summed E-state index contributed by atoms with van der Waals surface area (Å²) in [5.41, 5.74) is 1.55. The Labute approximate surface area is 200 Å². The summed E-state index contributed by atoms with van der Waals surface area (Å²) in [6, 6.07) is 14.8. The first-order valence-electron chi connectivity index (χ1n) is 10.9. The van der Waals surface area contributed by atoms with Crippen LogP contribution in [0, 0.1) is 11.8 Å². The number of benzene rings is 2. The smallest absolute Gasteiger partial charge is 0.416 e. The van der Waals surface area contributed by atoms with Crippen LogP contribution in [0.4, 0.5) is 13.2 Å². The van der Waals surface area contributed by atoms with E-state index in [1.165, 1.54) is 37.0 Å². The number of rotatable bonds is 3. The Morgan fingerprint density at radius 2 is 1.56 bits per heavy atom. The van der Waals surface area contributed by atoms with Gasteiger partial charge in [-0.15, -0.1) is 0 Å². The molecule has 1 fully saturated rings. The highest BCUT2D eigenvalue weighted by molar-refractivity contribution is 5.62. The van der Waals surface area contributed by atoms with Gasteiger partial charge in [-0.05, 0) is 56.1 Å². The third-order valence-electron chi connectivity index (χ3n) is 4.71. The molecule has 7 heteroatoms. The minimum atomic E-state index is -4.21. The Morgan fingerprint density at radius 3 is 1.97 bits per heavy atom. The van der Waals surface area contributed by atoms with Crippen molar-refractivity contribution < 1.29 is 27.8 Å². The van der Waals surface area contributed by atoms with Gasteiger partial charge in [-0.3, -0.25) is 9.69 Å². The average molecular weight is 476 g/mol. The van der Waals surface area contributed by atoms with E-state index < -0.39 is 17.7 Å². The Hall–Kier alpha value is -3.24. The van der Waals surface area contributed by atoms with E-state index in [1.807, 2.05) is 19.1 Å². The minimum Gasteiger partial charge on any atom is -0.497 e. The molecule has 1 unspecified atom stereocenters. The highest BCUT2D eigenvalue weighted by Gasteiger charge is 2.29. The largest absolute Gasteiger partial charge is 0.497 e. The van der Waals surface area contributed by atoms with Crippen LogP contribution in [-0.2, 0) is 11.0 Å². The zero-order valence-corrected chi connectivity index (χ0v) is 19.9. The van der Waals surface area contributed by atoms with Crippen molar-refractivity contribution in [1.82, 2.24) is 4.90 Å². The lowest BCUT2D eigenvalue weighted by molar-refractivity contribution is -0.137. The molecule has 0 amide bonds. The number of nitrogens with zero attached hydrogens (tertiary/aromatic N) is 1. The average Bonchev–Trinajstić information content (AvgIpc) is 2.80. The van der Waals surface area contributed by atoms with Crippen molar-refractivity contribution in [2.24, 2.45) is 0 Å². The van der Waals surface area contributed by atoms with Crippen molar-refractivity contribution >= 4 is 5.97 Å². The summed E-state index contributed by atoms with van der Waals surface area (Å²) in [5, 5.41) is 7.42. The van der Waals surface area contributed by atoms with Crippen LogP contribution < -0.4 is 4.74 Å². The monoisotopic (exact) mass is 475 g/mol. The van der Waals surface area contributed by atoms with Gasteiger partial charge in [-0.1, -0.05) is 67.3 Å². The second-order valence-electron chi connectivity index (χ2n) is 7.70. The number of hydrogen-bond acceptors (Lipinski definition) is 3. The molecule has 0 radical (unpaired) electrons. The van der Waals surface area contributed by atoms with Crippen LogP contribution in [0.3, 0.4) is 0 Å². The van der Waals surface area contributed by atoms with Gasteiger partial charge in [0.2, 0.25) is 0 Å². The summed E-state index contributed by atoms with van der Waals surface area (Å²) < 4.78 is 40.6. The van der Waals surface area contributed by atoms with E-state index in [2.05, 4.69) is 35.5 Å². The molecule has 0 saturated carbocycles. The second-order valence-corrected chi connectivity index (χ2v) is 7.70. The molecule has 0 aromatic heterocycles. The number of alkyl halides is 3. The lowest BCUT2D eigenvalue weighted by Gasteiger charge is -2.31. The molecule has 1 N–H and O–H groups in total. The molecule has 2 aromatic carbocycles. The number of hydrogen-bond donors (Lipinski definition) is 1. The molecular weight excluding hydrogens is 443 g/mol. The van der Waals surface area contributed by atoms with Crippen molar-refractivity contribution in [2.75, 3.05) is 20.2 Å². The van der Waals surface area contributed by atoms with Gasteiger partial charge in [0.05, 0.1) is 18.7 Å². The summed E-state index contributed by atoms with van der Waals surface area (Å²) in [4.78, 5) is 11.5. The number of likely N-dealkylation sites (tertiary alicyclic amines) is 1. The summed E-state index contributed by atoms with van der Waals surface area (Å²) in [6.07, 6.45) is -0.343. The molecule has 4 nitrogen and oxygen atoms in total. The quantitative estimate of drug-likeness (QED) is 0.508. The predicted octanol–water partition coefficient (Wildman–Crippen LogP) is 6.60. The Bertz CT molecular complexity index is 935. The number of carboxylic acid groups (broad SMARTS) is 1. The van der Waals surface area contributed by atoms with Crippen LogP contribution in [0.2, 0.25) is 0 Å². The summed E-state index contributed by atoms with van der Waals surface area (Å²) in [6.45, 7) is 9.17. The molecule has 1 aliphatic heterocycles. The zero-order chi connectivity index (χ0) is 25.6. The van der Waals surface area contributed by atoms with Gasteiger partial charge in [-0.2, -0.15) is 13.2 Å². The number of aliphatic carboxylic acids is 1. The first kappa shape index (κ1) is 28.8. The molecule has 34 heavy (non-hydrogen) atoms. The number of carboxylic acids is 1. The van der Waals surface area contributed by atoms with Gasteiger partial charge in [0.1, 0.15) is 5.75 Å². The van der Waals surface area contributed by atoms with Crippen LogP contribution >= 0.6 is 0 Å². The van der Waals surface area contributed by atoms with E-state index in [-0.39, 0.29) is 6.04 Å². The molecule has 0 bridgehead atoms. The second kappa shape index (κ2) is 14.8. The van der Waals surface area contributed by atoms with Gasteiger partial charge in [0.25, 0.3) is 5.97 Å². The van der Waals surface area contributed by atoms with Crippen molar-refractivity contribution in [1.29, 1.82) is 0 Å². The zero-order valence-electron chi connectivity index (χ0n) is 19.9. The van der Waals surface area contributed by atoms with Crippen molar-refractivity contribution in [3.8, 4) is 17.6 Å². The molecular formula is C27H32F3NO3. The fraction of sp³-hybridized carbons (Fsp3) is 0.370. The van der Waals surface area contributed by atoms with Gasteiger partial charge in [0.15, 0.2) is 0 Å².